The second-order valence-electron chi connectivity index (χ2n) is 2.72. The summed E-state index contributed by atoms with van der Waals surface area (Å²) in [6.45, 7) is 3.19. The first-order valence-corrected chi connectivity index (χ1v) is 4.30. The first-order chi connectivity index (χ1) is 6.50. The zero-order chi connectivity index (χ0) is 10.7. The number of hydrogen-bond acceptors (Lipinski definition) is 4. The van der Waals surface area contributed by atoms with E-state index < -0.39 is 5.63 Å². The quantitative estimate of drug-likeness (QED) is 0.563. The number of aromatic hydroxyl groups is 1. The Hall–Kier alpha value is -1.49. The van der Waals surface area contributed by atoms with Crippen LogP contribution in [0.5, 0.6) is 5.75 Å². The molecule has 1 aromatic rings. The number of aliphatic imine (C=N–C) groups is 1. The molecule has 0 aliphatic rings. The summed E-state index contributed by atoms with van der Waals surface area (Å²) in [6.07, 6.45) is 1.20. The molecule has 0 aromatic carbocycles. The van der Waals surface area contributed by atoms with Crippen molar-refractivity contribution in [1.29, 1.82) is 0 Å². The highest BCUT2D eigenvalue weighted by atomic mass is 32.1. The highest BCUT2D eigenvalue weighted by Crippen LogP contribution is 2.12. The van der Waals surface area contributed by atoms with Gasteiger partial charge in [-0.3, -0.25) is 0 Å². The summed E-state index contributed by atoms with van der Waals surface area (Å²) in [7, 11) is 0. The lowest BCUT2D eigenvalue weighted by Gasteiger charge is -1.97. The van der Waals surface area contributed by atoms with Crippen molar-refractivity contribution in [3.8, 4) is 5.75 Å². The summed E-state index contributed by atoms with van der Waals surface area (Å²) in [5, 5.41) is 9.39. The van der Waals surface area contributed by atoms with Crippen molar-refractivity contribution in [3.63, 3.8) is 0 Å². The van der Waals surface area contributed by atoms with Crippen LogP contribution in [0.25, 0.3) is 0 Å². The van der Waals surface area contributed by atoms with E-state index in [2.05, 4.69) is 4.99 Å². The minimum absolute atomic E-state index is 0.0137. The van der Waals surface area contributed by atoms with Gasteiger partial charge in [0.15, 0.2) is 0 Å². The second-order valence-corrected chi connectivity index (χ2v) is 3.31. The number of hydrogen-bond donors (Lipinski definition) is 1. The zero-order valence-corrected chi connectivity index (χ0v) is 8.59. The molecule has 0 aliphatic carbocycles. The van der Waals surface area contributed by atoms with Gasteiger partial charge in [0.25, 0.3) is 0 Å². The molecular formula is C9H9NO3S. The van der Waals surface area contributed by atoms with Crippen LogP contribution in [0.3, 0.4) is 0 Å². The van der Waals surface area contributed by atoms with Crippen molar-refractivity contribution >= 4 is 23.4 Å². The average molecular weight is 211 g/mol. The second kappa shape index (κ2) is 4.15. The Morgan fingerprint density at radius 3 is 2.86 bits per heavy atom. The van der Waals surface area contributed by atoms with Gasteiger partial charge in [0.1, 0.15) is 17.1 Å². The maximum absolute atomic E-state index is 11.2. The summed E-state index contributed by atoms with van der Waals surface area (Å²) in [5.41, 5.74) is -0.609. The minimum atomic E-state index is -0.623. The van der Waals surface area contributed by atoms with Crippen molar-refractivity contribution < 1.29 is 9.52 Å². The van der Waals surface area contributed by atoms with Crippen molar-refractivity contribution in [3.05, 3.63) is 27.8 Å². The van der Waals surface area contributed by atoms with Gasteiger partial charge in [-0.05, 0) is 13.8 Å². The largest absolute Gasteiger partial charge is 0.507 e. The topological polar surface area (TPSA) is 62.8 Å². The summed E-state index contributed by atoms with van der Waals surface area (Å²) in [5.74, 6) is 0.197. The Balaban J connectivity index is 3.22. The van der Waals surface area contributed by atoms with E-state index in [0.29, 0.717) is 10.7 Å². The normalized spacial score (nSPS) is 10.7. The maximum Gasteiger partial charge on any atom is 0.348 e. The number of nitrogens with zero attached hydrogens (tertiary/aromatic N) is 1. The lowest BCUT2D eigenvalue weighted by molar-refractivity contribution is 0.433. The van der Waals surface area contributed by atoms with Crippen LogP contribution in [0.15, 0.2) is 20.3 Å². The van der Waals surface area contributed by atoms with Crippen LogP contribution >= 0.6 is 12.2 Å². The van der Waals surface area contributed by atoms with Crippen molar-refractivity contribution in [2.24, 2.45) is 4.99 Å². The van der Waals surface area contributed by atoms with E-state index in [4.69, 9.17) is 16.6 Å². The van der Waals surface area contributed by atoms with Gasteiger partial charge in [0, 0.05) is 12.3 Å². The van der Waals surface area contributed by atoms with Crippen LogP contribution < -0.4 is 5.63 Å². The van der Waals surface area contributed by atoms with Crippen LogP contribution in [0.1, 0.15) is 18.2 Å². The van der Waals surface area contributed by atoms with Gasteiger partial charge < -0.3 is 9.52 Å². The van der Waals surface area contributed by atoms with E-state index in [1.54, 1.807) is 13.8 Å². The molecule has 14 heavy (non-hydrogen) atoms. The van der Waals surface area contributed by atoms with Gasteiger partial charge in [-0.1, -0.05) is 12.2 Å². The first-order valence-electron chi connectivity index (χ1n) is 3.89. The first kappa shape index (κ1) is 10.6. The molecule has 74 valence electrons. The van der Waals surface area contributed by atoms with Crippen molar-refractivity contribution in [2.45, 2.75) is 13.8 Å². The van der Waals surface area contributed by atoms with Gasteiger partial charge in [0.2, 0.25) is 0 Å². The van der Waals surface area contributed by atoms with Crippen LogP contribution in [-0.2, 0) is 0 Å². The fourth-order valence-electron chi connectivity index (χ4n) is 0.880. The maximum atomic E-state index is 11.2. The summed E-state index contributed by atoms with van der Waals surface area (Å²) < 4.78 is 4.77. The lowest BCUT2D eigenvalue weighted by atomic mass is 10.2. The summed E-state index contributed by atoms with van der Waals surface area (Å²) >= 11 is 4.69. The summed E-state index contributed by atoms with van der Waals surface area (Å²) in [4.78, 5) is 15.3. The average Bonchev–Trinajstić information content (AvgIpc) is 2.01. The van der Waals surface area contributed by atoms with Crippen LogP contribution in [0, 0.1) is 6.92 Å². The molecule has 1 rings (SSSR count). The van der Waals surface area contributed by atoms with Gasteiger partial charge >= 0.3 is 5.63 Å². The minimum Gasteiger partial charge on any atom is -0.507 e. The standard InChI is InChI=1S/C9H9NO3S/c1-5-3-8(11)7(9(12)13-5)4-10-6(2)14/h3-4,11H,1-2H3. The predicted molar refractivity (Wildman–Crippen MR) is 57.2 cm³/mol. The molecule has 0 saturated carbocycles. The molecule has 0 aliphatic heterocycles. The molecule has 1 aromatic heterocycles. The van der Waals surface area contributed by atoms with Gasteiger partial charge in [-0.25, -0.2) is 9.79 Å². The SMILES string of the molecule is CC(=S)N=Cc1c(O)cc(C)oc1=O. The van der Waals surface area contributed by atoms with Gasteiger partial charge in [-0.15, -0.1) is 0 Å². The van der Waals surface area contributed by atoms with E-state index in [9.17, 15) is 9.90 Å². The van der Waals surface area contributed by atoms with Crippen molar-refractivity contribution in [1.82, 2.24) is 0 Å². The third kappa shape index (κ3) is 2.50. The monoisotopic (exact) mass is 211 g/mol. The van der Waals surface area contributed by atoms with Crippen LogP contribution in [0.2, 0.25) is 0 Å². The molecular weight excluding hydrogens is 202 g/mol. The van der Waals surface area contributed by atoms with Crippen LogP contribution in [0.4, 0.5) is 0 Å². The van der Waals surface area contributed by atoms with E-state index in [0.717, 1.165) is 0 Å². The Morgan fingerprint density at radius 1 is 1.71 bits per heavy atom. The third-order valence-corrected chi connectivity index (χ3v) is 1.57. The smallest absolute Gasteiger partial charge is 0.348 e. The van der Waals surface area contributed by atoms with Crippen molar-refractivity contribution in [2.75, 3.05) is 0 Å². The Labute approximate surface area is 85.9 Å². The van der Waals surface area contributed by atoms with E-state index in [1.807, 2.05) is 0 Å². The number of aryl methyl sites for hydroxylation is 1. The Bertz CT molecular complexity index is 448. The molecule has 0 atom stereocenters. The molecule has 0 radical (unpaired) electrons. The molecule has 0 bridgehead atoms. The molecule has 1 N–H and O–H groups in total. The summed E-state index contributed by atoms with van der Waals surface area (Å²) in [6, 6.07) is 1.35. The third-order valence-electron chi connectivity index (χ3n) is 1.46. The van der Waals surface area contributed by atoms with Gasteiger partial charge in [-0.2, -0.15) is 0 Å². The molecule has 0 amide bonds. The highest BCUT2D eigenvalue weighted by molar-refractivity contribution is 7.80. The number of rotatable bonds is 1. The molecule has 0 spiro atoms. The molecule has 0 saturated heterocycles. The van der Waals surface area contributed by atoms with E-state index in [-0.39, 0.29) is 11.3 Å². The highest BCUT2D eigenvalue weighted by Gasteiger charge is 2.06. The van der Waals surface area contributed by atoms with Gasteiger partial charge in [0.05, 0.1) is 4.99 Å². The zero-order valence-electron chi connectivity index (χ0n) is 7.77. The molecule has 4 nitrogen and oxygen atoms in total. The predicted octanol–water partition coefficient (Wildman–Crippen LogP) is 1.42. The van der Waals surface area contributed by atoms with Crippen LogP contribution in [-0.4, -0.2) is 16.3 Å². The Kier molecular flexibility index (Phi) is 3.14. The fraction of sp³-hybridized carbons (Fsp3) is 0.222. The van der Waals surface area contributed by atoms with E-state index in [1.165, 1.54) is 12.3 Å². The molecule has 5 heteroatoms. The fourth-order valence-corrected chi connectivity index (χ4v) is 0.933. The molecule has 1 heterocycles. The number of thiocarbonyl (C=S) groups is 1. The lowest BCUT2D eigenvalue weighted by Crippen LogP contribution is -2.07. The van der Waals surface area contributed by atoms with E-state index >= 15 is 0 Å². The molecule has 0 fully saturated rings. The molecule has 0 unspecified atom stereocenters. The Morgan fingerprint density at radius 2 is 2.36 bits per heavy atom.